The minimum absolute atomic E-state index is 0.00509. The van der Waals surface area contributed by atoms with Crippen molar-refractivity contribution in [2.75, 3.05) is 5.32 Å². The van der Waals surface area contributed by atoms with E-state index in [0.29, 0.717) is 16.7 Å². The first-order chi connectivity index (χ1) is 9.47. The molecule has 0 atom stereocenters. The minimum Gasteiger partial charge on any atom is -0.380 e. The second-order valence-corrected chi connectivity index (χ2v) is 5.28. The molecule has 0 aromatic heterocycles. The van der Waals surface area contributed by atoms with Gasteiger partial charge in [-0.25, -0.2) is 4.39 Å². The molecule has 0 saturated carbocycles. The monoisotopic (exact) mass is 358 g/mol. The van der Waals surface area contributed by atoms with E-state index in [9.17, 15) is 14.5 Å². The van der Waals surface area contributed by atoms with Crippen LogP contribution in [0.15, 0.2) is 40.9 Å². The molecule has 0 fully saturated rings. The summed E-state index contributed by atoms with van der Waals surface area (Å²) in [5, 5.41) is 14.1. The fourth-order valence-electron chi connectivity index (χ4n) is 1.64. The fraction of sp³-hybridized carbons (Fsp3) is 0.0769. The highest BCUT2D eigenvalue weighted by molar-refractivity contribution is 9.10. The van der Waals surface area contributed by atoms with Crippen molar-refractivity contribution in [1.29, 1.82) is 0 Å². The van der Waals surface area contributed by atoms with Gasteiger partial charge in [-0.2, -0.15) is 0 Å². The molecule has 7 heteroatoms. The van der Waals surface area contributed by atoms with Crippen LogP contribution in [0.1, 0.15) is 5.56 Å². The molecule has 0 radical (unpaired) electrons. The molecule has 0 aliphatic rings. The van der Waals surface area contributed by atoms with Crippen LogP contribution >= 0.6 is 27.5 Å². The number of nitrogens with one attached hydrogen (secondary N) is 1. The summed E-state index contributed by atoms with van der Waals surface area (Å²) in [4.78, 5) is 10.4. The average molecular weight is 360 g/mol. The number of hydrogen-bond donors (Lipinski definition) is 1. The van der Waals surface area contributed by atoms with Gasteiger partial charge in [0.2, 0.25) is 0 Å². The van der Waals surface area contributed by atoms with Gasteiger partial charge in [-0.15, -0.1) is 0 Å². The average Bonchev–Trinajstić information content (AvgIpc) is 2.39. The lowest BCUT2D eigenvalue weighted by Gasteiger charge is -2.08. The second kappa shape index (κ2) is 6.19. The summed E-state index contributed by atoms with van der Waals surface area (Å²) < 4.78 is 13.3. The Balaban J connectivity index is 2.15. The highest BCUT2D eigenvalue weighted by Gasteiger charge is 2.12. The number of anilines is 1. The van der Waals surface area contributed by atoms with Crippen molar-refractivity contribution in [2.24, 2.45) is 0 Å². The fourth-order valence-corrected chi connectivity index (χ4v) is 2.26. The lowest BCUT2D eigenvalue weighted by molar-refractivity contribution is -0.385. The van der Waals surface area contributed by atoms with Gasteiger partial charge in [-0.3, -0.25) is 10.1 Å². The molecule has 0 amide bonds. The van der Waals surface area contributed by atoms with Gasteiger partial charge in [0.15, 0.2) is 0 Å². The third-order valence-electron chi connectivity index (χ3n) is 2.62. The van der Waals surface area contributed by atoms with Gasteiger partial charge in [0.05, 0.1) is 20.1 Å². The van der Waals surface area contributed by atoms with Crippen LogP contribution in [0.2, 0.25) is 5.02 Å². The second-order valence-electron chi connectivity index (χ2n) is 4.02. The first-order valence-corrected chi connectivity index (χ1v) is 6.76. The summed E-state index contributed by atoms with van der Waals surface area (Å²) in [5.41, 5.74) is 1.29. The molecule has 2 aromatic carbocycles. The standard InChI is InChI=1S/C13H9BrClFN2O2/c14-10-3-1-8(5-13(10)18(19)20)7-17-12-4-2-9(16)6-11(12)15/h1-6,17H,7H2. The molecule has 0 spiro atoms. The number of halogens is 3. The first-order valence-electron chi connectivity index (χ1n) is 5.59. The molecule has 0 aliphatic carbocycles. The normalized spacial score (nSPS) is 10.3. The van der Waals surface area contributed by atoms with Gasteiger partial charge in [0, 0.05) is 12.6 Å². The maximum absolute atomic E-state index is 12.9. The van der Waals surface area contributed by atoms with E-state index in [1.54, 1.807) is 12.1 Å². The van der Waals surface area contributed by atoms with E-state index < -0.39 is 10.7 Å². The molecule has 1 N–H and O–H groups in total. The van der Waals surface area contributed by atoms with E-state index >= 15 is 0 Å². The van der Waals surface area contributed by atoms with Gasteiger partial charge in [0.25, 0.3) is 5.69 Å². The zero-order valence-electron chi connectivity index (χ0n) is 10.1. The van der Waals surface area contributed by atoms with Crippen LogP contribution in [0, 0.1) is 15.9 Å². The Labute approximate surface area is 127 Å². The SMILES string of the molecule is O=[N+]([O-])c1cc(CNc2ccc(F)cc2Cl)ccc1Br. The highest BCUT2D eigenvalue weighted by Crippen LogP contribution is 2.27. The van der Waals surface area contributed by atoms with Crippen LogP contribution in [0.4, 0.5) is 15.8 Å². The third-order valence-corrected chi connectivity index (χ3v) is 3.60. The number of nitro groups is 1. The molecule has 104 valence electrons. The maximum Gasteiger partial charge on any atom is 0.283 e. The van der Waals surface area contributed by atoms with Crippen LogP contribution in [0.3, 0.4) is 0 Å². The van der Waals surface area contributed by atoms with Gasteiger partial charge < -0.3 is 5.32 Å². The first kappa shape index (κ1) is 14.7. The number of benzene rings is 2. The maximum atomic E-state index is 12.9. The molecular weight excluding hydrogens is 351 g/mol. The summed E-state index contributed by atoms with van der Waals surface area (Å²) in [6, 6.07) is 8.84. The Morgan fingerprint density at radius 3 is 2.70 bits per heavy atom. The lowest BCUT2D eigenvalue weighted by atomic mass is 10.2. The summed E-state index contributed by atoms with van der Waals surface area (Å²) in [6.45, 7) is 0.347. The van der Waals surface area contributed by atoms with E-state index in [2.05, 4.69) is 21.2 Å². The molecule has 0 bridgehead atoms. The number of nitrogens with zero attached hydrogens (tertiary/aromatic N) is 1. The largest absolute Gasteiger partial charge is 0.380 e. The topological polar surface area (TPSA) is 55.2 Å². The van der Waals surface area contributed by atoms with Crippen LogP contribution in [0.5, 0.6) is 0 Å². The highest BCUT2D eigenvalue weighted by atomic mass is 79.9. The summed E-state index contributed by atoms with van der Waals surface area (Å²) in [5.74, 6) is -0.417. The molecule has 2 rings (SSSR count). The molecule has 4 nitrogen and oxygen atoms in total. The van der Waals surface area contributed by atoms with Gasteiger partial charge >= 0.3 is 0 Å². The summed E-state index contributed by atoms with van der Waals surface area (Å²) >= 11 is 9.01. The predicted octanol–water partition coefficient (Wildman–Crippen LogP) is 4.76. The van der Waals surface area contributed by atoms with Gasteiger partial charge in [-0.05, 0) is 45.8 Å². The van der Waals surface area contributed by atoms with Gasteiger partial charge in [0.1, 0.15) is 5.82 Å². The third kappa shape index (κ3) is 3.46. The number of rotatable bonds is 4. The lowest BCUT2D eigenvalue weighted by Crippen LogP contribution is -2.01. The Hall–Kier alpha value is -1.66. The number of nitro benzene ring substituents is 1. The number of hydrogen-bond acceptors (Lipinski definition) is 3. The molecule has 0 unspecified atom stereocenters. The molecule has 0 heterocycles. The minimum atomic E-state index is -0.460. The quantitative estimate of drug-likeness (QED) is 0.632. The molecule has 0 saturated heterocycles. The van der Waals surface area contributed by atoms with Crippen molar-refractivity contribution in [1.82, 2.24) is 0 Å². The molecular formula is C13H9BrClFN2O2. The van der Waals surface area contributed by atoms with Crippen molar-refractivity contribution < 1.29 is 9.31 Å². The van der Waals surface area contributed by atoms with E-state index in [1.807, 2.05) is 0 Å². The van der Waals surface area contributed by atoms with E-state index in [1.165, 1.54) is 24.3 Å². The van der Waals surface area contributed by atoms with Crippen LogP contribution in [-0.4, -0.2) is 4.92 Å². The van der Waals surface area contributed by atoms with Crippen molar-refractivity contribution in [2.45, 2.75) is 6.54 Å². The van der Waals surface area contributed by atoms with Crippen molar-refractivity contribution >= 4 is 38.9 Å². The van der Waals surface area contributed by atoms with E-state index in [-0.39, 0.29) is 10.7 Å². The van der Waals surface area contributed by atoms with Crippen LogP contribution in [0.25, 0.3) is 0 Å². The molecule has 2 aromatic rings. The molecule has 20 heavy (non-hydrogen) atoms. The summed E-state index contributed by atoms with van der Waals surface area (Å²) in [6.07, 6.45) is 0. The smallest absolute Gasteiger partial charge is 0.283 e. The van der Waals surface area contributed by atoms with E-state index in [0.717, 1.165) is 5.56 Å². The zero-order chi connectivity index (χ0) is 14.7. The summed E-state index contributed by atoms with van der Waals surface area (Å²) in [7, 11) is 0. The Morgan fingerprint density at radius 1 is 1.30 bits per heavy atom. The zero-order valence-corrected chi connectivity index (χ0v) is 12.4. The van der Waals surface area contributed by atoms with Crippen LogP contribution < -0.4 is 5.32 Å². The van der Waals surface area contributed by atoms with Crippen molar-refractivity contribution in [3.8, 4) is 0 Å². The molecule has 0 aliphatic heterocycles. The Kier molecular flexibility index (Phi) is 4.57. The van der Waals surface area contributed by atoms with Gasteiger partial charge in [-0.1, -0.05) is 17.7 Å². The van der Waals surface area contributed by atoms with Crippen molar-refractivity contribution in [3.05, 3.63) is 67.4 Å². The predicted molar refractivity (Wildman–Crippen MR) is 79.5 cm³/mol. The Morgan fingerprint density at radius 2 is 2.05 bits per heavy atom. The van der Waals surface area contributed by atoms with Crippen molar-refractivity contribution in [3.63, 3.8) is 0 Å². The van der Waals surface area contributed by atoms with Crippen LogP contribution in [-0.2, 0) is 6.54 Å². The van der Waals surface area contributed by atoms with E-state index in [4.69, 9.17) is 11.6 Å². The Bertz CT molecular complexity index is 667.